The third kappa shape index (κ3) is 1.42. The molecule has 0 radical (unpaired) electrons. The molecule has 0 nitrogen and oxygen atoms in total. The van der Waals surface area contributed by atoms with Crippen LogP contribution in [0.15, 0.2) is 48.5 Å². The van der Waals surface area contributed by atoms with Crippen molar-refractivity contribution in [3.8, 4) is 0 Å². The van der Waals surface area contributed by atoms with E-state index >= 15 is 0 Å². The van der Waals surface area contributed by atoms with Gasteiger partial charge < -0.3 is 0 Å². The van der Waals surface area contributed by atoms with Crippen LogP contribution in [0.3, 0.4) is 0 Å². The molecule has 16 heavy (non-hydrogen) atoms. The molecule has 0 fully saturated rings. The predicted octanol–water partition coefficient (Wildman–Crippen LogP) is 3.80. The third-order valence-electron chi connectivity index (χ3n) is 3.09. The zero-order valence-corrected chi connectivity index (χ0v) is 10.4. The normalized spacial score (nSPS) is 11.1. The van der Waals surface area contributed by atoms with Crippen molar-refractivity contribution in [3.05, 3.63) is 54.1 Å². The van der Waals surface area contributed by atoms with Crippen LogP contribution in [0.1, 0.15) is 5.56 Å². The van der Waals surface area contributed by atoms with Crippen molar-refractivity contribution >= 4 is 36.1 Å². The Kier molecular flexibility index (Phi) is 2.19. The second-order valence-electron chi connectivity index (χ2n) is 4.22. The smallest absolute Gasteiger partial charge is 0.00991 e. The van der Waals surface area contributed by atoms with Gasteiger partial charge in [-0.15, -0.1) is 9.24 Å². The van der Waals surface area contributed by atoms with Gasteiger partial charge in [-0.1, -0.05) is 42.5 Å². The summed E-state index contributed by atoms with van der Waals surface area (Å²) in [5.41, 5.74) is 1.35. The fourth-order valence-corrected chi connectivity index (χ4v) is 2.57. The molecule has 0 heterocycles. The first-order valence-corrected chi connectivity index (χ1v) is 6.01. The van der Waals surface area contributed by atoms with E-state index in [9.17, 15) is 0 Å². The summed E-state index contributed by atoms with van der Waals surface area (Å²) >= 11 is 0. The Bertz CT molecular complexity index is 683. The fourth-order valence-electron chi connectivity index (χ4n) is 2.31. The van der Waals surface area contributed by atoms with E-state index in [0.29, 0.717) is 0 Å². The molecule has 1 heteroatoms. The molecule has 78 valence electrons. The van der Waals surface area contributed by atoms with Gasteiger partial charge in [-0.05, 0) is 45.4 Å². The molecule has 3 rings (SSSR count). The minimum atomic E-state index is 1.24. The molecular weight excluding hydrogens is 211 g/mol. The zero-order valence-electron chi connectivity index (χ0n) is 9.20. The van der Waals surface area contributed by atoms with Crippen molar-refractivity contribution in [1.82, 2.24) is 0 Å². The summed E-state index contributed by atoms with van der Waals surface area (Å²) in [5.74, 6) is 0. The number of rotatable bonds is 0. The average Bonchev–Trinajstić information content (AvgIpc) is 2.31. The molecule has 0 aliphatic heterocycles. The van der Waals surface area contributed by atoms with Crippen molar-refractivity contribution in [2.75, 3.05) is 0 Å². The predicted molar refractivity (Wildman–Crippen MR) is 75.5 cm³/mol. The highest BCUT2D eigenvalue weighted by Gasteiger charge is 2.02. The Balaban J connectivity index is 2.61. The van der Waals surface area contributed by atoms with Crippen LogP contribution >= 0.6 is 9.24 Å². The van der Waals surface area contributed by atoms with Gasteiger partial charge in [-0.3, -0.25) is 0 Å². The standard InChI is InChI=1S/C15H13P/c1-10-8-11-6-7-12(16)9-15(11)14-5-3-2-4-13(10)14/h2-9H,16H2,1H3. The molecule has 0 saturated heterocycles. The molecule has 3 aromatic carbocycles. The molecule has 0 N–H and O–H groups in total. The number of benzene rings is 3. The average molecular weight is 224 g/mol. The van der Waals surface area contributed by atoms with Crippen molar-refractivity contribution in [2.24, 2.45) is 0 Å². The van der Waals surface area contributed by atoms with Crippen molar-refractivity contribution < 1.29 is 0 Å². The van der Waals surface area contributed by atoms with E-state index in [1.54, 1.807) is 0 Å². The zero-order chi connectivity index (χ0) is 11.1. The monoisotopic (exact) mass is 224 g/mol. The van der Waals surface area contributed by atoms with Gasteiger partial charge in [0, 0.05) is 0 Å². The molecular formula is C15H13P. The Labute approximate surface area is 97.5 Å². The summed E-state index contributed by atoms with van der Waals surface area (Å²) in [6.07, 6.45) is 0. The van der Waals surface area contributed by atoms with E-state index < -0.39 is 0 Å². The largest absolute Gasteiger partial charge is 0.106 e. The van der Waals surface area contributed by atoms with Gasteiger partial charge >= 0.3 is 0 Å². The second kappa shape index (κ2) is 3.57. The highest BCUT2D eigenvalue weighted by Crippen LogP contribution is 2.27. The van der Waals surface area contributed by atoms with Crippen molar-refractivity contribution in [2.45, 2.75) is 6.92 Å². The molecule has 0 aliphatic carbocycles. The lowest BCUT2D eigenvalue weighted by Gasteiger charge is -2.07. The van der Waals surface area contributed by atoms with Crippen molar-refractivity contribution in [3.63, 3.8) is 0 Å². The summed E-state index contributed by atoms with van der Waals surface area (Å²) in [6.45, 7) is 2.18. The van der Waals surface area contributed by atoms with Crippen LogP contribution in [0.2, 0.25) is 0 Å². The molecule has 3 aromatic rings. The third-order valence-corrected chi connectivity index (χ3v) is 3.45. The minimum Gasteiger partial charge on any atom is -0.106 e. The van der Waals surface area contributed by atoms with E-state index in [1.165, 1.54) is 32.4 Å². The first-order chi connectivity index (χ1) is 7.75. The first-order valence-electron chi connectivity index (χ1n) is 5.43. The number of fused-ring (bicyclic) bond motifs is 3. The van der Waals surface area contributed by atoms with E-state index in [2.05, 4.69) is 64.7 Å². The van der Waals surface area contributed by atoms with Gasteiger partial charge in [0.2, 0.25) is 0 Å². The van der Waals surface area contributed by atoms with Crippen LogP contribution in [-0.2, 0) is 0 Å². The molecule has 0 aromatic heterocycles. The Morgan fingerprint density at radius 3 is 2.38 bits per heavy atom. The maximum absolute atomic E-state index is 2.76. The van der Waals surface area contributed by atoms with Crippen LogP contribution < -0.4 is 5.30 Å². The van der Waals surface area contributed by atoms with Gasteiger partial charge in [-0.2, -0.15) is 0 Å². The van der Waals surface area contributed by atoms with Crippen molar-refractivity contribution in [1.29, 1.82) is 0 Å². The number of hydrogen-bond donors (Lipinski definition) is 0. The lowest BCUT2D eigenvalue weighted by molar-refractivity contribution is 1.56. The second-order valence-corrected chi connectivity index (χ2v) is 4.89. The van der Waals surface area contributed by atoms with Crippen LogP contribution in [0.5, 0.6) is 0 Å². The summed E-state index contributed by atoms with van der Waals surface area (Å²) in [5, 5.41) is 6.60. The lowest BCUT2D eigenvalue weighted by Crippen LogP contribution is -1.90. The van der Waals surface area contributed by atoms with Crippen LogP contribution in [0.25, 0.3) is 21.5 Å². The SMILES string of the molecule is Cc1cc2ccc(P)cc2c2ccccc12. The molecule has 1 unspecified atom stereocenters. The topological polar surface area (TPSA) is 0 Å². The maximum atomic E-state index is 2.76. The summed E-state index contributed by atoms with van der Waals surface area (Å²) in [4.78, 5) is 0. The molecule has 0 aliphatic rings. The van der Waals surface area contributed by atoms with Gasteiger partial charge in [0.1, 0.15) is 0 Å². The maximum Gasteiger partial charge on any atom is -0.00991 e. The van der Waals surface area contributed by atoms with Crippen LogP contribution in [-0.4, -0.2) is 0 Å². The van der Waals surface area contributed by atoms with Gasteiger partial charge in [0.15, 0.2) is 0 Å². The van der Waals surface area contributed by atoms with Gasteiger partial charge in [0.05, 0.1) is 0 Å². The fraction of sp³-hybridized carbons (Fsp3) is 0.0667. The van der Waals surface area contributed by atoms with E-state index in [0.717, 1.165) is 0 Å². The van der Waals surface area contributed by atoms with Crippen LogP contribution in [0, 0.1) is 6.92 Å². The van der Waals surface area contributed by atoms with E-state index in [-0.39, 0.29) is 0 Å². The van der Waals surface area contributed by atoms with Gasteiger partial charge in [0.25, 0.3) is 0 Å². The van der Waals surface area contributed by atoms with E-state index in [1.807, 2.05) is 0 Å². The van der Waals surface area contributed by atoms with Crippen LogP contribution in [0.4, 0.5) is 0 Å². The molecule has 0 amide bonds. The first kappa shape index (κ1) is 9.81. The number of aryl methyl sites for hydroxylation is 1. The Morgan fingerprint density at radius 1 is 0.812 bits per heavy atom. The molecule has 1 atom stereocenters. The van der Waals surface area contributed by atoms with Gasteiger partial charge in [-0.25, -0.2) is 0 Å². The minimum absolute atomic E-state index is 1.24. The molecule has 0 saturated carbocycles. The Hall–Kier alpha value is -1.39. The molecule has 0 bridgehead atoms. The summed E-state index contributed by atoms with van der Waals surface area (Å²) in [6, 6.07) is 17.4. The Morgan fingerprint density at radius 2 is 1.56 bits per heavy atom. The summed E-state index contributed by atoms with van der Waals surface area (Å²) in [7, 11) is 2.76. The summed E-state index contributed by atoms with van der Waals surface area (Å²) < 4.78 is 0. The quantitative estimate of drug-likeness (QED) is 0.402. The highest BCUT2D eigenvalue weighted by atomic mass is 31.0. The highest BCUT2D eigenvalue weighted by molar-refractivity contribution is 7.27. The lowest BCUT2D eigenvalue weighted by atomic mass is 9.98. The molecule has 0 spiro atoms. The van der Waals surface area contributed by atoms with E-state index in [4.69, 9.17) is 0 Å². The number of hydrogen-bond acceptors (Lipinski definition) is 0.